The smallest absolute Gasteiger partial charge is 0.311 e. The summed E-state index contributed by atoms with van der Waals surface area (Å²) in [6.07, 6.45) is 2.10. The van der Waals surface area contributed by atoms with E-state index in [0.717, 1.165) is 12.3 Å². The van der Waals surface area contributed by atoms with Crippen molar-refractivity contribution in [3.05, 3.63) is 0 Å². The van der Waals surface area contributed by atoms with Crippen molar-refractivity contribution in [3.8, 4) is 0 Å². The molecule has 0 aromatic heterocycles. The van der Waals surface area contributed by atoms with Gasteiger partial charge in [0, 0.05) is 7.11 Å². The summed E-state index contributed by atoms with van der Waals surface area (Å²) >= 11 is 0. The molecule has 0 atom stereocenters. The van der Waals surface area contributed by atoms with Gasteiger partial charge in [-0.1, -0.05) is 34.1 Å². The van der Waals surface area contributed by atoms with Gasteiger partial charge in [0.05, 0.1) is 12.0 Å². The lowest BCUT2D eigenvalue weighted by atomic mass is 9.91. The highest BCUT2D eigenvalue weighted by atomic mass is 16.6. The summed E-state index contributed by atoms with van der Waals surface area (Å²) in [7, 11) is 1.58. The van der Waals surface area contributed by atoms with Crippen molar-refractivity contribution in [1.82, 2.24) is 0 Å². The molecule has 0 N–H and O–H groups in total. The van der Waals surface area contributed by atoms with Gasteiger partial charge < -0.3 is 9.47 Å². The zero-order valence-electron chi connectivity index (χ0n) is 12.6. The van der Waals surface area contributed by atoms with E-state index in [0.29, 0.717) is 13.2 Å². The zero-order valence-corrected chi connectivity index (χ0v) is 12.6. The van der Waals surface area contributed by atoms with Gasteiger partial charge in [0.25, 0.3) is 0 Å². The van der Waals surface area contributed by atoms with Gasteiger partial charge in [-0.25, -0.2) is 0 Å². The van der Waals surface area contributed by atoms with E-state index in [-0.39, 0.29) is 11.4 Å². The van der Waals surface area contributed by atoms with Gasteiger partial charge in [-0.2, -0.15) is 0 Å². The average Bonchev–Trinajstić information content (AvgIpc) is 2.29. The first-order chi connectivity index (χ1) is 7.81. The first kappa shape index (κ1) is 18.8. The molecule has 0 aliphatic rings. The van der Waals surface area contributed by atoms with Gasteiger partial charge in [-0.3, -0.25) is 4.79 Å². The minimum atomic E-state index is -0.367. The Hall–Kier alpha value is -0.570. The molecule has 0 aromatic carbocycles. The summed E-state index contributed by atoms with van der Waals surface area (Å²) in [5.74, 6) is 0.733. The highest BCUT2D eigenvalue weighted by molar-refractivity contribution is 5.75. The Morgan fingerprint density at radius 2 is 1.65 bits per heavy atom. The molecule has 0 amide bonds. The molecule has 0 saturated heterocycles. The van der Waals surface area contributed by atoms with Crippen LogP contribution in [-0.4, -0.2) is 26.3 Å². The monoisotopic (exact) mass is 246 g/mol. The highest BCUT2D eigenvalue weighted by Crippen LogP contribution is 2.21. The fourth-order valence-corrected chi connectivity index (χ4v) is 0.557. The lowest BCUT2D eigenvalue weighted by Crippen LogP contribution is -2.26. The fourth-order valence-electron chi connectivity index (χ4n) is 0.557. The third-order valence-corrected chi connectivity index (χ3v) is 2.77. The van der Waals surface area contributed by atoms with Gasteiger partial charge in [0.15, 0.2) is 0 Å². The molecule has 3 nitrogen and oxygen atoms in total. The van der Waals surface area contributed by atoms with Crippen LogP contribution in [0.1, 0.15) is 54.4 Å². The van der Waals surface area contributed by atoms with Gasteiger partial charge >= 0.3 is 5.97 Å². The maximum atomic E-state index is 11.3. The third kappa shape index (κ3) is 11.7. The van der Waals surface area contributed by atoms with Crippen LogP contribution in [0.4, 0.5) is 0 Å². The second-order valence-corrected chi connectivity index (χ2v) is 5.17. The van der Waals surface area contributed by atoms with E-state index in [1.54, 1.807) is 7.11 Å². The molecule has 3 heteroatoms. The molecule has 0 rings (SSSR count). The summed E-state index contributed by atoms with van der Waals surface area (Å²) in [5.41, 5.74) is -0.367. The number of ether oxygens (including phenoxy) is 2. The molecular weight excluding hydrogens is 216 g/mol. The fraction of sp³-hybridized carbons (Fsp3) is 0.929. The van der Waals surface area contributed by atoms with E-state index in [4.69, 9.17) is 9.47 Å². The lowest BCUT2D eigenvalue weighted by molar-refractivity contribution is -0.155. The molecule has 0 aliphatic carbocycles. The zero-order chi connectivity index (χ0) is 13.9. The highest BCUT2D eigenvalue weighted by Gasteiger charge is 2.26. The first-order valence-electron chi connectivity index (χ1n) is 6.47. The summed E-state index contributed by atoms with van der Waals surface area (Å²) in [5, 5.41) is 0. The van der Waals surface area contributed by atoms with Crippen LogP contribution in [0, 0.1) is 11.3 Å². The molecular formula is C14H30O3. The predicted molar refractivity (Wildman–Crippen MR) is 72.0 cm³/mol. The van der Waals surface area contributed by atoms with Crippen molar-refractivity contribution in [2.75, 3.05) is 20.3 Å². The molecule has 0 bridgehead atoms. The predicted octanol–water partition coefficient (Wildman–Crippen LogP) is 3.66. The summed E-state index contributed by atoms with van der Waals surface area (Å²) in [6.45, 7) is 13.2. The maximum absolute atomic E-state index is 11.3. The molecule has 17 heavy (non-hydrogen) atoms. The van der Waals surface area contributed by atoms with Crippen LogP contribution in [0.15, 0.2) is 0 Å². The third-order valence-electron chi connectivity index (χ3n) is 2.77. The van der Waals surface area contributed by atoms with E-state index in [1.807, 2.05) is 20.8 Å². The van der Waals surface area contributed by atoms with E-state index in [2.05, 4.69) is 20.8 Å². The maximum Gasteiger partial charge on any atom is 0.311 e. The molecule has 0 aromatic rings. The van der Waals surface area contributed by atoms with E-state index in [9.17, 15) is 4.79 Å². The molecule has 0 radical (unpaired) electrons. The summed E-state index contributed by atoms with van der Waals surface area (Å²) in [6, 6.07) is 0. The first-order valence-corrected chi connectivity index (χ1v) is 6.47. The molecule has 0 unspecified atom stereocenters. The van der Waals surface area contributed by atoms with Crippen molar-refractivity contribution in [1.29, 1.82) is 0 Å². The standard InChI is InChI=1S/C9H18O3.C5H12/c1-5-9(2,3)8(10)12-7-6-11-4;1-4-5(2)3/h5-7H2,1-4H3;5H,4H2,1-3H3. The molecule has 0 heterocycles. The summed E-state index contributed by atoms with van der Waals surface area (Å²) < 4.78 is 9.74. The van der Waals surface area contributed by atoms with Gasteiger partial charge in [0.1, 0.15) is 6.61 Å². The van der Waals surface area contributed by atoms with Crippen LogP contribution in [-0.2, 0) is 14.3 Å². The van der Waals surface area contributed by atoms with Gasteiger partial charge in [-0.05, 0) is 26.2 Å². The van der Waals surface area contributed by atoms with Crippen LogP contribution in [0.3, 0.4) is 0 Å². The van der Waals surface area contributed by atoms with Crippen molar-refractivity contribution in [2.45, 2.75) is 54.4 Å². The number of carbonyl (C=O) groups is 1. The molecule has 0 spiro atoms. The Bertz CT molecular complexity index is 186. The number of esters is 1. The van der Waals surface area contributed by atoms with Crippen molar-refractivity contribution in [3.63, 3.8) is 0 Å². The van der Waals surface area contributed by atoms with Crippen molar-refractivity contribution in [2.24, 2.45) is 11.3 Å². The molecule has 104 valence electrons. The van der Waals surface area contributed by atoms with Gasteiger partial charge in [0.2, 0.25) is 0 Å². The Kier molecular flexibility index (Phi) is 11.7. The molecule has 0 aliphatic heterocycles. The van der Waals surface area contributed by atoms with E-state index >= 15 is 0 Å². The van der Waals surface area contributed by atoms with E-state index < -0.39 is 0 Å². The quantitative estimate of drug-likeness (QED) is 0.530. The molecule has 0 saturated carbocycles. The van der Waals surface area contributed by atoms with Gasteiger partial charge in [-0.15, -0.1) is 0 Å². The number of hydrogen-bond acceptors (Lipinski definition) is 3. The number of carbonyl (C=O) groups excluding carboxylic acids is 1. The van der Waals surface area contributed by atoms with E-state index in [1.165, 1.54) is 6.42 Å². The molecule has 0 fully saturated rings. The van der Waals surface area contributed by atoms with Crippen molar-refractivity contribution < 1.29 is 14.3 Å². The SMILES string of the molecule is CCC(C)(C)C(=O)OCCOC.CCC(C)C. The normalized spacial score (nSPS) is 10.8. The second-order valence-electron chi connectivity index (χ2n) is 5.17. The second kappa shape index (κ2) is 10.6. The van der Waals surface area contributed by atoms with Crippen LogP contribution in [0.25, 0.3) is 0 Å². The lowest BCUT2D eigenvalue weighted by Gasteiger charge is -2.19. The average molecular weight is 246 g/mol. The van der Waals surface area contributed by atoms with Crippen LogP contribution < -0.4 is 0 Å². The minimum absolute atomic E-state index is 0.151. The number of hydrogen-bond donors (Lipinski definition) is 0. The number of rotatable bonds is 6. The minimum Gasteiger partial charge on any atom is -0.463 e. The van der Waals surface area contributed by atoms with Crippen LogP contribution in [0.5, 0.6) is 0 Å². The van der Waals surface area contributed by atoms with Crippen LogP contribution >= 0.6 is 0 Å². The Balaban J connectivity index is 0. The Morgan fingerprint density at radius 1 is 1.18 bits per heavy atom. The van der Waals surface area contributed by atoms with Crippen LogP contribution in [0.2, 0.25) is 0 Å². The largest absolute Gasteiger partial charge is 0.463 e. The Morgan fingerprint density at radius 3 is 1.94 bits per heavy atom. The Labute approximate surface area is 107 Å². The van der Waals surface area contributed by atoms with Crippen molar-refractivity contribution >= 4 is 5.97 Å². The number of methoxy groups -OCH3 is 1. The topological polar surface area (TPSA) is 35.5 Å². The summed E-state index contributed by atoms with van der Waals surface area (Å²) in [4.78, 5) is 11.3.